The fourth-order valence-corrected chi connectivity index (χ4v) is 2.69. The summed E-state index contributed by atoms with van der Waals surface area (Å²) in [4.78, 5) is 25.7. The van der Waals surface area contributed by atoms with Crippen LogP contribution in [-0.2, 0) is 24.2 Å². The fraction of sp³-hybridized carbons (Fsp3) is 0.375. The van der Waals surface area contributed by atoms with Gasteiger partial charge in [0.15, 0.2) is 0 Å². The van der Waals surface area contributed by atoms with Crippen molar-refractivity contribution in [2.45, 2.75) is 32.7 Å². The molecule has 2 aromatic rings. The van der Waals surface area contributed by atoms with E-state index in [2.05, 4.69) is 41.4 Å². The predicted octanol–water partition coefficient (Wildman–Crippen LogP) is 1.53. The van der Waals surface area contributed by atoms with Gasteiger partial charge in [-0.2, -0.15) is 0 Å². The number of hydrogen-bond donors (Lipinski definition) is 2. The number of rotatable bonds is 3. The third-order valence-electron chi connectivity index (χ3n) is 4.05. The monoisotopic (exact) mass is 285 g/mol. The van der Waals surface area contributed by atoms with Gasteiger partial charge in [0.2, 0.25) is 5.91 Å². The quantitative estimate of drug-likeness (QED) is 0.898. The zero-order valence-corrected chi connectivity index (χ0v) is 12.1. The molecule has 0 saturated carbocycles. The molecule has 1 aliphatic rings. The van der Waals surface area contributed by atoms with Crippen LogP contribution in [0.25, 0.3) is 0 Å². The average Bonchev–Trinajstić information content (AvgIpc) is 2.87. The standard InChI is InChI=1S/C16H19N3O2/c1-11-2-4-12(5-3-11)6-7-15(20)19-9-8-14-13(10-19)16(21)18-17-14/h2-5H,6-10H2,1H3,(H2,17,18,21). The molecule has 21 heavy (non-hydrogen) atoms. The Hall–Kier alpha value is -2.30. The summed E-state index contributed by atoms with van der Waals surface area (Å²) in [6.07, 6.45) is 1.94. The Balaban J connectivity index is 1.60. The molecule has 0 fully saturated rings. The molecule has 0 radical (unpaired) electrons. The Morgan fingerprint density at radius 1 is 1.24 bits per heavy atom. The van der Waals surface area contributed by atoms with E-state index >= 15 is 0 Å². The lowest BCUT2D eigenvalue weighted by molar-refractivity contribution is -0.132. The van der Waals surface area contributed by atoms with Crippen LogP contribution < -0.4 is 5.56 Å². The maximum atomic E-state index is 12.3. The summed E-state index contributed by atoms with van der Waals surface area (Å²) in [6, 6.07) is 8.25. The summed E-state index contributed by atoms with van der Waals surface area (Å²) < 4.78 is 0. The second-order valence-electron chi connectivity index (χ2n) is 5.59. The Morgan fingerprint density at radius 3 is 2.76 bits per heavy atom. The van der Waals surface area contributed by atoms with Crippen molar-refractivity contribution >= 4 is 5.91 Å². The Kier molecular flexibility index (Phi) is 3.64. The zero-order chi connectivity index (χ0) is 14.8. The topological polar surface area (TPSA) is 69.0 Å². The van der Waals surface area contributed by atoms with Crippen molar-refractivity contribution < 1.29 is 4.79 Å². The van der Waals surface area contributed by atoms with Crippen LogP contribution in [0.2, 0.25) is 0 Å². The van der Waals surface area contributed by atoms with Crippen molar-refractivity contribution in [2.75, 3.05) is 6.54 Å². The number of aromatic amines is 2. The molecular weight excluding hydrogens is 266 g/mol. The molecule has 0 saturated heterocycles. The van der Waals surface area contributed by atoms with Gasteiger partial charge in [0.1, 0.15) is 0 Å². The molecule has 0 bridgehead atoms. The molecule has 0 unspecified atom stereocenters. The lowest BCUT2D eigenvalue weighted by atomic mass is 10.1. The fourth-order valence-electron chi connectivity index (χ4n) is 2.69. The number of fused-ring (bicyclic) bond motifs is 1. The summed E-state index contributed by atoms with van der Waals surface area (Å²) in [6.45, 7) is 3.14. The molecule has 5 nitrogen and oxygen atoms in total. The number of hydrogen-bond acceptors (Lipinski definition) is 2. The minimum atomic E-state index is -0.110. The van der Waals surface area contributed by atoms with Crippen molar-refractivity contribution in [3.8, 4) is 0 Å². The number of nitrogens with zero attached hydrogens (tertiary/aromatic N) is 1. The molecule has 2 heterocycles. The molecule has 1 aromatic carbocycles. The number of amides is 1. The molecular formula is C16H19N3O2. The molecule has 0 spiro atoms. The molecule has 0 atom stereocenters. The van der Waals surface area contributed by atoms with Gasteiger partial charge in [0.25, 0.3) is 5.56 Å². The maximum absolute atomic E-state index is 12.3. The number of nitrogens with one attached hydrogen (secondary N) is 2. The van der Waals surface area contributed by atoms with Crippen LogP contribution in [0.15, 0.2) is 29.1 Å². The van der Waals surface area contributed by atoms with Crippen LogP contribution >= 0.6 is 0 Å². The van der Waals surface area contributed by atoms with Crippen molar-refractivity contribution in [1.29, 1.82) is 0 Å². The van der Waals surface area contributed by atoms with Crippen LogP contribution in [0.5, 0.6) is 0 Å². The van der Waals surface area contributed by atoms with E-state index in [-0.39, 0.29) is 11.5 Å². The smallest absolute Gasteiger partial charge is 0.269 e. The summed E-state index contributed by atoms with van der Waals surface area (Å²) >= 11 is 0. The van der Waals surface area contributed by atoms with Crippen LogP contribution in [0.3, 0.4) is 0 Å². The molecule has 0 aliphatic carbocycles. The molecule has 3 rings (SSSR count). The summed E-state index contributed by atoms with van der Waals surface area (Å²) in [5, 5.41) is 5.46. The van der Waals surface area contributed by atoms with Crippen LogP contribution in [-0.4, -0.2) is 27.5 Å². The lowest BCUT2D eigenvalue weighted by Gasteiger charge is -2.26. The van der Waals surface area contributed by atoms with Gasteiger partial charge >= 0.3 is 0 Å². The summed E-state index contributed by atoms with van der Waals surface area (Å²) in [5.74, 6) is 0.113. The minimum absolute atomic E-state index is 0.110. The van der Waals surface area contributed by atoms with Crippen molar-refractivity contribution in [3.05, 3.63) is 57.0 Å². The number of carbonyl (C=O) groups excluding carboxylic acids is 1. The third-order valence-corrected chi connectivity index (χ3v) is 4.05. The number of benzene rings is 1. The summed E-state index contributed by atoms with van der Waals surface area (Å²) in [7, 11) is 0. The highest BCUT2D eigenvalue weighted by Gasteiger charge is 2.23. The van der Waals surface area contributed by atoms with E-state index in [1.807, 2.05) is 0 Å². The van der Waals surface area contributed by atoms with Crippen LogP contribution in [0, 0.1) is 6.92 Å². The SMILES string of the molecule is Cc1ccc(CCC(=O)N2CCc3[nH][nH]c(=O)c3C2)cc1. The second-order valence-corrected chi connectivity index (χ2v) is 5.59. The van der Waals surface area contributed by atoms with E-state index in [1.54, 1.807) is 4.90 Å². The highest BCUT2D eigenvalue weighted by atomic mass is 16.2. The first-order valence-corrected chi connectivity index (χ1v) is 7.25. The second kappa shape index (κ2) is 5.60. The molecule has 5 heteroatoms. The average molecular weight is 285 g/mol. The Morgan fingerprint density at radius 2 is 2.00 bits per heavy atom. The number of carbonyl (C=O) groups is 1. The molecule has 2 N–H and O–H groups in total. The van der Waals surface area contributed by atoms with E-state index in [4.69, 9.17) is 0 Å². The number of aromatic nitrogens is 2. The largest absolute Gasteiger partial charge is 0.338 e. The molecule has 1 aromatic heterocycles. The van der Waals surface area contributed by atoms with Gasteiger partial charge in [0.05, 0.1) is 12.1 Å². The van der Waals surface area contributed by atoms with Gasteiger partial charge in [-0.25, -0.2) is 0 Å². The van der Waals surface area contributed by atoms with Gasteiger partial charge in [-0.15, -0.1) is 0 Å². The van der Waals surface area contributed by atoms with E-state index in [1.165, 1.54) is 11.1 Å². The van der Waals surface area contributed by atoms with Crippen molar-refractivity contribution in [1.82, 2.24) is 15.1 Å². The van der Waals surface area contributed by atoms with E-state index in [9.17, 15) is 9.59 Å². The van der Waals surface area contributed by atoms with Crippen LogP contribution in [0.4, 0.5) is 0 Å². The first kappa shape index (κ1) is 13.7. The lowest BCUT2D eigenvalue weighted by Crippen LogP contribution is -2.37. The van der Waals surface area contributed by atoms with E-state index < -0.39 is 0 Å². The van der Waals surface area contributed by atoms with Gasteiger partial charge in [-0.05, 0) is 18.9 Å². The van der Waals surface area contributed by atoms with Gasteiger partial charge in [0, 0.05) is 25.1 Å². The Labute approximate surface area is 123 Å². The third kappa shape index (κ3) is 2.91. The van der Waals surface area contributed by atoms with E-state index in [0.717, 1.165) is 12.1 Å². The summed E-state index contributed by atoms with van der Waals surface area (Å²) in [5.41, 5.74) is 3.92. The van der Waals surface area contributed by atoms with Gasteiger partial charge in [-0.1, -0.05) is 29.8 Å². The minimum Gasteiger partial charge on any atom is -0.338 e. The highest BCUT2D eigenvalue weighted by Crippen LogP contribution is 2.15. The number of H-pyrrole nitrogens is 2. The van der Waals surface area contributed by atoms with Gasteiger partial charge < -0.3 is 10.00 Å². The first-order chi connectivity index (χ1) is 10.1. The number of aryl methyl sites for hydroxylation is 2. The van der Waals surface area contributed by atoms with Gasteiger partial charge in [-0.3, -0.25) is 14.7 Å². The predicted molar refractivity (Wildman–Crippen MR) is 80.0 cm³/mol. The van der Waals surface area contributed by atoms with Crippen molar-refractivity contribution in [3.63, 3.8) is 0 Å². The van der Waals surface area contributed by atoms with Crippen LogP contribution in [0.1, 0.15) is 28.8 Å². The van der Waals surface area contributed by atoms with E-state index in [0.29, 0.717) is 31.5 Å². The zero-order valence-electron chi connectivity index (χ0n) is 12.1. The molecule has 1 aliphatic heterocycles. The highest BCUT2D eigenvalue weighted by molar-refractivity contribution is 5.76. The normalized spacial score (nSPS) is 14.0. The maximum Gasteiger partial charge on any atom is 0.269 e. The molecule has 110 valence electrons. The first-order valence-electron chi connectivity index (χ1n) is 7.25. The Bertz CT molecular complexity index is 697. The molecule has 1 amide bonds. The van der Waals surface area contributed by atoms with Crippen molar-refractivity contribution in [2.24, 2.45) is 0 Å².